The highest BCUT2D eigenvalue weighted by Crippen LogP contribution is 2.31. The first-order chi connectivity index (χ1) is 13.2. The van der Waals surface area contributed by atoms with Crippen molar-refractivity contribution in [1.82, 2.24) is 0 Å². The first kappa shape index (κ1) is 22.9. The summed E-state index contributed by atoms with van der Waals surface area (Å²) in [6.07, 6.45) is -9.58. The molecule has 0 aliphatic heterocycles. The Morgan fingerprint density at radius 1 is 0.897 bits per heavy atom. The SMILES string of the molecule is CC(C)(C)S(=O)/N=C(/c1cccc(OC(F)(F)F)c1)c1cccc(C(F)(F)F)c1. The van der Waals surface area contributed by atoms with E-state index in [0.717, 1.165) is 30.3 Å². The van der Waals surface area contributed by atoms with Gasteiger partial charge in [0.15, 0.2) is 0 Å². The summed E-state index contributed by atoms with van der Waals surface area (Å²) in [5, 5.41) is 0. The molecular weight excluding hydrogens is 420 g/mol. The molecule has 0 amide bonds. The molecule has 0 spiro atoms. The zero-order valence-corrected chi connectivity index (χ0v) is 16.4. The van der Waals surface area contributed by atoms with Crippen LogP contribution in [0.15, 0.2) is 52.9 Å². The van der Waals surface area contributed by atoms with Crippen LogP contribution in [0.2, 0.25) is 0 Å². The van der Waals surface area contributed by atoms with Crippen molar-refractivity contribution < 1.29 is 35.3 Å². The number of hydrogen-bond donors (Lipinski definition) is 0. The summed E-state index contributed by atoms with van der Waals surface area (Å²) >= 11 is 0. The van der Waals surface area contributed by atoms with Gasteiger partial charge in [0.1, 0.15) is 16.7 Å². The van der Waals surface area contributed by atoms with Gasteiger partial charge >= 0.3 is 12.5 Å². The van der Waals surface area contributed by atoms with E-state index in [0.29, 0.717) is 0 Å². The van der Waals surface area contributed by atoms with Crippen molar-refractivity contribution in [1.29, 1.82) is 0 Å². The molecule has 0 heterocycles. The third kappa shape index (κ3) is 6.59. The quantitative estimate of drug-likeness (QED) is 0.441. The number of hydrogen-bond acceptors (Lipinski definition) is 2. The topological polar surface area (TPSA) is 38.7 Å². The molecule has 10 heteroatoms. The summed E-state index contributed by atoms with van der Waals surface area (Å²) in [6.45, 7) is 4.83. The molecular formula is C19H17F6NO2S. The summed E-state index contributed by atoms with van der Waals surface area (Å²) in [6, 6.07) is 8.71. The van der Waals surface area contributed by atoms with E-state index < -0.39 is 39.6 Å². The maximum Gasteiger partial charge on any atom is 0.573 e. The highest BCUT2D eigenvalue weighted by molar-refractivity contribution is 7.85. The van der Waals surface area contributed by atoms with Crippen LogP contribution in [0, 0.1) is 0 Å². The van der Waals surface area contributed by atoms with Crippen LogP contribution in [0.4, 0.5) is 26.3 Å². The fourth-order valence-corrected chi connectivity index (χ4v) is 2.83. The third-order valence-electron chi connectivity index (χ3n) is 3.50. The molecule has 0 fully saturated rings. The molecule has 2 aromatic rings. The zero-order valence-electron chi connectivity index (χ0n) is 15.6. The minimum absolute atomic E-state index is 0.0312. The van der Waals surface area contributed by atoms with Crippen molar-refractivity contribution in [3.63, 3.8) is 0 Å². The average molecular weight is 437 g/mol. The Bertz CT molecular complexity index is 929. The third-order valence-corrected chi connectivity index (χ3v) is 4.90. The van der Waals surface area contributed by atoms with Crippen LogP contribution in [0.3, 0.4) is 0 Å². The molecule has 3 nitrogen and oxygen atoms in total. The van der Waals surface area contributed by atoms with Gasteiger partial charge in [0.2, 0.25) is 0 Å². The molecule has 1 atom stereocenters. The van der Waals surface area contributed by atoms with E-state index in [1.54, 1.807) is 20.8 Å². The van der Waals surface area contributed by atoms with Crippen molar-refractivity contribution in [3.05, 3.63) is 65.2 Å². The summed E-state index contributed by atoms with van der Waals surface area (Å²) in [7, 11) is -1.88. The fourth-order valence-electron chi connectivity index (χ4n) is 2.18. The number of ether oxygens (including phenoxy) is 1. The summed E-state index contributed by atoms with van der Waals surface area (Å²) in [4.78, 5) is 0. The lowest BCUT2D eigenvalue weighted by atomic mass is 10.0. The second-order valence-corrected chi connectivity index (χ2v) is 8.86. The van der Waals surface area contributed by atoms with Crippen molar-refractivity contribution in [3.8, 4) is 5.75 Å². The Kier molecular flexibility index (Phi) is 6.46. The maximum atomic E-state index is 13.1. The highest BCUT2D eigenvalue weighted by Gasteiger charge is 2.32. The molecule has 158 valence electrons. The smallest absolute Gasteiger partial charge is 0.406 e. The Balaban J connectivity index is 2.63. The Morgan fingerprint density at radius 2 is 1.45 bits per heavy atom. The molecule has 0 radical (unpaired) electrons. The van der Waals surface area contributed by atoms with E-state index in [2.05, 4.69) is 9.13 Å². The highest BCUT2D eigenvalue weighted by atomic mass is 32.2. The Labute approximate surface area is 166 Å². The van der Waals surface area contributed by atoms with Gasteiger partial charge in [-0.05, 0) is 45.0 Å². The lowest BCUT2D eigenvalue weighted by Gasteiger charge is -2.17. The predicted octanol–water partition coefficient (Wildman–Crippen LogP) is 5.90. The van der Waals surface area contributed by atoms with Gasteiger partial charge in [0.25, 0.3) is 0 Å². The first-order valence-corrected chi connectivity index (χ1v) is 9.32. The van der Waals surface area contributed by atoms with Gasteiger partial charge in [-0.1, -0.05) is 24.3 Å². The van der Waals surface area contributed by atoms with Crippen LogP contribution < -0.4 is 4.74 Å². The van der Waals surface area contributed by atoms with Crippen LogP contribution in [0.1, 0.15) is 37.5 Å². The van der Waals surface area contributed by atoms with Crippen LogP contribution >= 0.6 is 0 Å². The minimum atomic E-state index is -4.94. The molecule has 29 heavy (non-hydrogen) atoms. The molecule has 0 saturated heterocycles. The molecule has 0 saturated carbocycles. The van der Waals surface area contributed by atoms with Gasteiger partial charge in [-0.25, -0.2) is 4.21 Å². The van der Waals surface area contributed by atoms with Gasteiger partial charge in [-0.2, -0.15) is 17.6 Å². The normalized spacial score (nSPS) is 14.6. The summed E-state index contributed by atoms with van der Waals surface area (Å²) in [5.74, 6) is -0.573. The van der Waals surface area contributed by atoms with Gasteiger partial charge in [-0.3, -0.25) is 0 Å². The standard InChI is InChI=1S/C19H17F6NO2S/c1-17(2,3)29(27)26-16(12-6-4-8-14(10-12)18(20,21)22)13-7-5-9-15(11-13)28-19(23,24)25/h4-11H,1-3H3/b26-16+. The van der Waals surface area contributed by atoms with E-state index in [1.165, 1.54) is 18.2 Å². The van der Waals surface area contributed by atoms with Crippen molar-refractivity contribution in [2.75, 3.05) is 0 Å². The van der Waals surface area contributed by atoms with Crippen LogP contribution in [-0.4, -0.2) is 21.0 Å². The van der Waals surface area contributed by atoms with Gasteiger partial charge < -0.3 is 4.74 Å². The van der Waals surface area contributed by atoms with Gasteiger partial charge in [0.05, 0.1) is 16.0 Å². The van der Waals surface area contributed by atoms with E-state index in [1.807, 2.05) is 0 Å². The monoisotopic (exact) mass is 437 g/mol. The molecule has 0 N–H and O–H groups in total. The number of nitrogens with zero attached hydrogens (tertiary/aromatic N) is 1. The lowest BCUT2D eigenvalue weighted by molar-refractivity contribution is -0.274. The Morgan fingerprint density at radius 3 is 1.97 bits per heavy atom. The molecule has 0 aromatic heterocycles. The average Bonchev–Trinajstić information content (AvgIpc) is 2.56. The lowest BCUT2D eigenvalue weighted by Crippen LogP contribution is -2.22. The first-order valence-electron chi connectivity index (χ1n) is 8.21. The van der Waals surface area contributed by atoms with Crippen molar-refractivity contribution >= 4 is 16.7 Å². The van der Waals surface area contributed by atoms with Gasteiger partial charge in [0, 0.05) is 11.1 Å². The number of rotatable bonds is 4. The molecule has 0 bridgehead atoms. The van der Waals surface area contributed by atoms with E-state index in [-0.39, 0.29) is 16.8 Å². The molecule has 0 aliphatic rings. The van der Waals surface area contributed by atoms with Crippen molar-refractivity contribution in [2.24, 2.45) is 4.40 Å². The summed E-state index contributed by atoms with van der Waals surface area (Å²) in [5.41, 5.74) is -1.12. The second-order valence-electron chi connectivity index (χ2n) is 6.96. The van der Waals surface area contributed by atoms with E-state index in [9.17, 15) is 30.6 Å². The van der Waals surface area contributed by atoms with Gasteiger partial charge in [-0.15, -0.1) is 13.2 Å². The number of benzene rings is 2. The molecule has 1 unspecified atom stereocenters. The largest absolute Gasteiger partial charge is 0.573 e. The number of alkyl halides is 6. The maximum absolute atomic E-state index is 13.1. The molecule has 2 aromatic carbocycles. The van der Waals surface area contributed by atoms with Crippen LogP contribution in [-0.2, 0) is 17.2 Å². The minimum Gasteiger partial charge on any atom is -0.406 e. The zero-order chi connectivity index (χ0) is 22.0. The molecule has 0 aliphatic carbocycles. The Hall–Kier alpha value is -2.36. The van der Waals surface area contributed by atoms with Crippen molar-refractivity contribution in [2.45, 2.75) is 38.1 Å². The summed E-state index contributed by atoms with van der Waals surface area (Å²) < 4.78 is 96.4. The second kappa shape index (κ2) is 8.17. The number of halogens is 6. The van der Waals surface area contributed by atoms with E-state index in [4.69, 9.17) is 0 Å². The van der Waals surface area contributed by atoms with E-state index >= 15 is 0 Å². The molecule has 2 rings (SSSR count). The predicted molar refractivity (Wildman–Crippen MR) is 98.1 cm³/mol. The van der Waals surface area contributed by atoms with Crippen LogP contribution in [0.5, 0.6) is 5.75 Å². The fraction of sp³-hybridized carbons (Fsp3) is 0.316. The van der Waals surface area contributed by atoms with Crippen LogP contribution in [0.25, 0.3) is 0 Å².